The topological polar surface area (TPSA) is 38.0 Å². The van der Waals surface area contributed by atoms with E-state index in [1.165, 1.54) is 19.3 Å². The van der Waals surface area contributed by atoms with Crippen molar-refractivity contribution in [3.63, 3.8) is 0 Å². The Bertz CT molecular complexity index is 428. The summed E-state index contributed by atoms with van der Waals surface area (Å²) < 4.78 is 0.925. The smallest absolute Gasteiger partial charge is 0.0549 e. The summed E-state index contributed by atoms with van der Waals surface area (Å²) in [6, 6.07) is 5.97. The molecule has 106 valence electrons. The van der Waals surface area contributed by atoms with Crippen molar-refractivity contribution in [2.75, 3.05) is 11.9 Å². The second kappa shape index (κ2) is 6.47. The molecular formula is C15H22BrClN2. The van der Waals surface area contributed by atoms with Crippen molar-refractivity contribution in [2.24, 2.45) is 11.7 Å². The monoisotopic (exact) mass is 344 g/mol. The number of hydrogen-bond donors (Lipinski definition) is 2. The van der Waals surface area contributed by atoms with E-state index < -0.39 is 0 Å². The van der Waals surface area contributed by atoms with Crippen LogP contribution in [-0.4, -0.2) is 12.1 Å². The first-order valence-corrected chi connectivity index (χ1v) is 8.19. The summed E-state index contributed by atoms with van der Waals surface area (Å²) in [4.78, 5) is 0. The summed E-state index contributed by atoms with van der Waals surface area (Å²) in [6.07, 6.45) is 6.14. The predicted molar refractivity (Wildman–Crippen MR) is 86.8 cm³/mol. The normalized spacial score (nSPS) is 27.3. The Morgan fingerprint density at radius 2 is 2.11 bits per heavy atom. The zero-order valence-corrected chi connectivity index (χ0v) is 13.7. The fourth-order valence-electron chi connectivity index (χ4n) is 2.90. The number of hydrogen-bond acceptors (Lipinski definition) is 2. The molecule has 19 heavy (non-hydrogen) atoms. The van der Waals surface area contributed by atoms with E-state index in [1.807, 2.05) is 18.2 Å². The summed E-state index contributed by atoms with van der Waals surface area (Å²) >= 11 is 9.50. The Hall–Kier alpha value is -0.250. The second-order valence-corrected chi connectivity index (χ2v) is 6.85. The molecule has 2 rings (SSSR count). The van der Waals surface area contributed by atoms with Crippen LogP contribution >= 0.6 is 27.5 Å². The molecule has 1 aliphatic carbocycles. The molecule has 0 atom stereocenters. The van der Waals surface area contributed by atoms with Gasteiger partial charge in [-0.05, 0) is 65.7 Å². The van der Waals surface area contributed by atoms with E-state index in [9.17, 15) is 0 Å². The van der Waals surface area contributed by atoms with E-state index in [0.29, 0.717) is 6.54 Å². The van der Waals surface area contributed by atoms with Gasteiger partial charge in [0.2, 0.25) is 0 Å². The molecule has 4 heteroatoms. The first-order valence-electron chi connectivity index (χ1n) is 7.02. The molecule has 0 radical (unpaired) electrons. The summed E-state index contributed by atoms with van der Waals surface area (Å²) in [5.41, 5.74) is 7.19. The Morgan fingerprint density at radius 3 is 2.63 bits per heavy atom. The van der Waals surface area contributed by atoms with Gasteiger partial charge in [0, 0.05) is 22.2 Å². The lowest BCUT2D eigenvalue weighted by atomic mass is 9.75. The molecule has 0 bridgehead atoms. The molecule has 0 aliphatic heterocycles. The van der Waals surface area contributed by atoms with E-state index in [4.69, 9.17) is 17.3 Å². The SMILES string of the molecule is CCC1CCC(CN)(Nc2ccc(Cl)c(Br)c2)CC1. The van der Waals surface area contributed by atoms with Crippen LogP contribution < -0.4 is 11.1 Å². The van der Waals surface area contributed by atoms with Crippen molar-refractivity contribution >= 4 is 33.2 Å². The van der Waals surface area contributed by atoms with Crippen LogP contribution in [0.5, 0.6) is 0 Å². The van der Waals surface area contributed by atoms with Gasteiger partial charge >= 0.3 is 0 Å². The summed E-state index contributed by atoms with van der Waals surface area (Å²) in [5, 5.41) is 4.38. The highest BCUT2D eigenvalue weighted by atomic mass is 79.9. The highest BCUT2D eigenvalue weighted by molar-refractivity contribution is 9.10. The third-order valence-corrected chi connectivity index (χ3v) is 5.57. The van der Waals surface area contributed by atoms with Crippen LogP contribution in [0.2, 0.25) is 5.02 Å². The van der Waals surface area contributed by atoms with Crippen LogP contribution in [0.4, 0.5) is 5.69 Å². The van der Waals surface area contributed by atoms with Gasteiger partial charge in [-0.1, -0.05) is 24.9 Å². The Kier molecular flexibility index (Phi) is 5.15. The predicted octanol–water partition coefficient (Wildman–Crippen LogP) is 4.81. The molecule has 2 nitrogen and oxygen atoms in total. The molecule has 1 aromatic rings. The molecular weight excluding hydrogens is 324 g/mol. The Morgan fingerprint density at radius 1 is 1.42 bits per heavy atom. The second-order valence-electron chi connectivity index (χ2n) is 5.59. The number of nitrogens with one attached hydrogen (secondary N) is 1. The molecule has 0 spiro atoms. The molecule has 1 aromatic carbocycles. The van der Waals surface area contributed by atoms with Crippen molar-refractivity contribution in [1.29, 1.82) is 0 Å². The van der Waals surface area contributed by atoms with Crippen molar-refractivity contribution in [3.05, 3.63) is 27.7 Å². The van der Waals surface area contributed by atoms with Crippen LogP contribution in [0, 0.1) is 5.92 Å². The fourth-order valence-corrected chi connectivity index (χ4v) is 3.39. The minimum atomic E-state index is 0.0545. The number of rotatable bonds is 4. The molecule has 1 aliphatic rings. The van der Waals surface area contributed by atoms with Crippen molar-refractivity contribution in [1.82, 2.24) is 0 Å². The first kappa shape index (κ1) is 15.1. The number of nitrogens with two attached hydrogens (primary N) is 1. The summed E-state index contributed by atoms with van der Waals surface area (Å²) in [7, 11) is 0. The van der Waals surface area contributed by atoms with Gasteiger partial charge in [-0.3, -0.25) is 0 Å². The van der Waals surface area contributed by atoms with Crippen molar-refractivity contribution in [2.45, 2.75) is 44.6 Å². The van der Waals surface area contributed by atoms with Crippen molar-refractivity contribution < 1.29 is 0 Å². The maximum atomic E-state index is 6.04. The highest BCUT2D eigenvalue weighted by Crippen LogP contribution is 2.36. The first-order chi connectivity index (χ1) is 9.08. The minimum Gasteiger partial charge on any atom is -0.378 e. The molecule has 0 amide bonds. The zero-order valence-electron chi connectivity index (χ0n) is 11.4. The molecule has 1 fully saturated rings. The van der Waals surface area contributed by atoms with Gasteiger partial charge in [0.15, 0.2) is 0 Å². The molecule has 3 N–H and O–H groups in total. The van der Waals surface area contributed by atoms with Crippen molar-refractivity contribution in [3.8, 4) is 0 Å². The number of benzene rings is 1. The third kappa shape index (κ3) is 3.65. The average molecular weight is 346 g/mol. The Labute approximate surface area is 129 Å². The quantitative estimate of drug-likeness (QED) is 0.821. The minimum absolute atomic E-state index is 0.0545. The molecule has 1 saturated carbocycles. The van der Waals surface area contributed by atoms with Crippen LogP contribution in [0.1, 0.15) is 39.0 Å². The lowest BCUT2D eigenvalue weighted by Gasteiger charge is -2.41. The lowest BCUT2D eigenvalue weighted by molar-refractivity contribution is 0.253. The molecule has 0 unspecified atom stereocenters. The number of anilines is 1. The zero-order chi connectivity index (χ0) is 13.9. The lowest BCUT2D eigenvalue weighted by Crippen LogP contribution is -2.48. The van der Waals surface area contributed by atoms with Gasteiger partial charge in [0.1, 0.15) is 0 Å². The largest absolute Gasteiger partial charge is 0.378 e. The maximum absolute atomic E-state index is 6.04. The van der Waals surface area contributed by atoms with Gasteiger partial charge in [0.25, 0.3) is 0 Å². The van der Waals surface area contributed by atoms with Gasteiger partial charge in [-0.15, -0.1) is 0 Å². The Balaban J connectivity index is 2.08. The van der Waals surface area contributed by atoms with E-state index in [-0.39, 0.29) is 5.54 Å². The summed E-state index contributed by atoms with van der Waals surface area (Å²) in [6.45, 7) is 2.97. The average Bonchev–Trinajstić information content (AvgIpc) is 2.44. The highest BCUT2D eigenvalue weighted by Gasteiger charge is 2.33. The maximum Gasteiger partial charge on any atom is 0.0549 e. The van der Waals surface area contributed by atoms with E-state index in [1.54, 1.807) is 0 Å². The van der Waals surface area contributed by atoms with Gasteiger partial charge < -0.3 is 11.1 Å². The van der Waals surface area contributed by atoms with Crippen LogP contribution in [-0.2, 0) is 0 Å². The summed E-state index contributed by atoms with van der Waals surface area (Å²) in [5.74, 6) is 0.874. The van der Waals surface area contributed by atoms with E-state index in [0.717, 1.165) is 33.9 Å². The van der Waals surface area contributed by atoms with Gasteiger partial charge in [-0.25, -0.2) is 0 Å². The van der Waals surface area contributed by atoms with Gasteiger partial charge in [-0.2, -0.15) is 0 Å². The van der Waals surface area contributed by atoms with Crippen LogP contribution in [0.15, 0.2) is 22.7 Å². The van der Waals surface area contributed by atoms with Gasteiger partial charge in [0.05, 0.1) is 5.02 Å². The standard InChI is InChI=1S/C15H22BrClN2/c1-2-11-5-7-15(10-18,8-6-11)19-12-3-4-14(17)13(16)9-12/h3-4,9,11,19H,2,5-8,10,18H2,1H3. The van der Waals surface area contributed by atoms with Crippen LogP contribution in [0.3, 0.4) is 0 Å². The third-order valence-electron chi connectivity index (χ3n) is 4.36. The number of halogens is 2. The molecule has 0 heterocycles. The van der Waals surface area contributed by atoms with E-state index >= 15 is 0 Å². The van der Waals surface area contributed by atoms with E-state index in [2.05, 4.69) is 28.2 Å². The fraction of sp³-hybridized carbons (Fsp3) is 0.600. The molecule has 0 saturated heterocycles. The molecule has 0 aromatic heterocycles. The van der Waals surface area contributed by atoms with Crippen LogP contribution in [0.25, 0.3) is 0 Å².